The summed E-state index contributed by atoms with van der Waals surface area (Å²) in [4.78, 5) is 0. The quantitative estimate of drug-likeness (QED) is 0.252. The van der Waals surface area contributed by atoms with Crippen molar-refractivity contribution in [2.24, 2.45) is 0 Å². The Morgan fingerprint density at radius 1 is 0.708 bits per heavy atom. The standard InChI is InChI=1S/C20H27ClO2Si/c1-2-3-4-5-6-13-18-24(21,22-19-14-9-7-10-15-19)23-20-16-11-8-12-17-20/h7-12,14-17H,2-6,13,18H2,1H3. The molecule has 0 aliphatic rings. The van der Waals surface area contributed by atoms with E-state index >= 15 is 0 Å². The van der Waals surface area contributed by atoms with Crippen molar-refractivity contribution < 1.29 is 8.85 Å². The van der Waals surface area contributed by atoms with Crippen molar-refractivity contribution in [1.29, 1.82) is 0 Å². The minimum absolute atomic E-state index is 0.779. The van der Waals surface area contributed by atoms with E-state index in [1.165, 1.54) is 32.1 Å². The fourth-order valence-electron chi connectivity index (χ4n) is 2.57. The Morgan fingerprint density at radius 3 is 1.67 bits per heavy atom. The van der Waals surface area contributed by atoms with E-state index in [2.05, 4.69) is 6.92 Å². The van der Waals surface area contributed by atoms with Crippen LogP contribution in [0.1, 0.15) is 45.4 Å². The molecule has 0 saturated carbocycles. The molecular weight excluding hydrogens is 336 g/mol. The monoisotopic (exact) mass is 362 g/mol. The first-order valence-corrected chi connectivity index (χ1v) is 11.9. The lowest BCUT2D eigenvalue weighted by atomic mass is 10.1. The number of hydrogen-bond acceptors (Lipinski definition) is 2. The fourth-order valence-corrected chi connectivity index (χ4v) is 5.40. The van der Waals surface area contributed by atoms with Gasteiger partial charge in [-0.25, -0.2) is 0 Å². The van der Waals surface area contributed by atoms with Crippen LogP contribution in [0.4, 0.5) is 0 Å². The maximum absolute atomic E-state index is 6.84. The molecule has 0 aromatic heterocycles. The normalized spacial score (nSPS) is 11.2. The van der Waals surface area contributed by atoms with Crippen molar-refractivity contribution in [2.75, 3.05) is 0 Å². The molecule has 130 valence electrons. The SMILES string of the molecule is CCCCCCCC[Si](Cl)(Oc1ccccc1)Oc1ccccc1. The van der Waals surface area contributed by atoms with E-state index in [1.807, 2.05) is 60.7 Å². The molecule has 0 amide bonds. The third kappa shape index (κ3) is 6.98. The third-order valence-corrected chi connectivity index (χ3v) is 6.92. The molecule has 24 heavy (non-hydrogen) atoms. The van der Waals surface area contributed by atoms with Crippen molar-refractivity contribution in [1.82, 2.24) is 0 Å². The minimum atomic E-state index is -2.83. The first-order chi connectivity index (χ1) is 11.7. The zero-order chi connectivity index (χ0) is 17.1. The first-order valence-electron chi connectivity index (χ1n) is 8.89. The highest BCUT2D eigenvalue weighted by Gasteiger charge is 2.40. The largest absolute Gasteiger partial charge is 0.569 e. The van der Waals surface area contributed by atoms with E-state index < -0.39 is 7.87 Å². The van der Waals surface area contributed by atoms with Crippen LogP contribution in [0.5, 0.6) is 11.5 Å². The second-order valence-corrected chi connectivity index (χ2v) is 9.96. The molecule has 0 bridgehead atoms. The van der Waals surface area contributed by atoms with E-state index in [9.17, 15) is 0 Å². The topological polar surface area (TPSA) is 18.5 Å². The molecule has 2 rings (SSSR count). The van der Waals surface area contributed by atoms with Gasteiger partial charge in [0.1, 0.15) is 11.5 Å². The number of rotatable bonds is 11. The molecule has 0 aliphatic carbocycles. The van der Waals surface area contributed by atoms with Crippen LogP contribution in [0, 0.1) is 0 Å². The lowest BCUT2D eigenvalue weighted by Crippen LogP contribution is -2.42. The summed E-state index contributed by atoms with van der Waals surface area (Å²) < 4.78 is 12.2. The Bertz CT molecular complexity index is 521. The maximum atomic E-state index is 6.84. The van der Waals surface area contributed by atoms with Gasteiger partial charge >= 0.3 is 7.87 Å². The third-order valence-electron chi connectivity index (χ3n) is 3.86. The van der Waals surface area contributed by atoms with E-state index in [0.717, 1.165) is 24.0 Å². The van der Waals surface area contributed by atoms with E-state index in [1.54, 1.807) is 0 Å². The highest BCUT2D eigenvalue weighted by atomic mass is 35.6. The molecule has 0 radical (unpaired) electrons. The Kier molecular flexibility index (Phi) is 8.20. The molecule has 0 N–H and O–H groups in total. The molecule has 0 fully saturated rings. The summed E-state index contributed by atoms with van der Waals surface area (Å²) in [6.07, 6.45) is 7.35. The summed E-state index contributed by atoms with van der Waals surface area (Å²) in [5.41, 5.74) is 0. The first kappa shape index (κ1) is 18.9. The molecule has 2 aromatic rings. The smallest absolute Gasteiger partial charge is 0.501 e. The van der Waals surface area contributed by atoms with Crippen LogP contribution in [0.3, 0.4) is 0 Å². The molecule has 0 aliphatic heterocycles. The van der Waals surface area contributed by atoms with Crippen molar-refractivity contribution in [3.8, 4) is 11.5 Å². The van der Waals surface area contributed by atoms with Gasteiger partial charge in [-0.1, -0.05) is 86.5 Å². The highest BCUT2D eigenvalue weighted by molar-refractivity contribution is 7.13. The molecule has 0 unspecified atom stereocenters. The average Bonchev–Trinajstić information content (AvgIpc) is 2.60. The van der Waals surface area contributed by atoms with Gasteiger partial charge in [0, 0.05) is 6.04 Å². The molecule has 0 atom stereocenters. The van der Waals surface area contributed by atoms with Gasteiger partial charge in [0.15, 0.2) is 0 Å². The molecule has 2 aromatic carbocycles. The molecule has 0 heterocycles. The second-order valence-electron chi connectivity index (χ2n) is 6.01. The van der Waals surface area contributed by atoms with Crippen LogP contribution >= 0.6 is 11.1 Å². The van der Waals surface area contributed by atoms with E-state index in [-0.39, 0.29) is 0 Å². The summed E-state index contributed by atoms with van der Waals surface area (Å²) in [7, 11) is -2.83. The summed E-state index contributed by atoms with van der Waals surface area (Å²) >= 11 is 6.84. The highest BCUT2D eigenvalue weighted by Crippen LogP contribution is 2.28. The lowest BCUT2D eigenvalue weighted by Gasteiger charge is -2.25. The van der Waals surface area contributed by atoms with E-state index in [0.29, 0.717) is 0 Å². The molecule has 2 nitrogen and oxygen atoms in total. The fraction of sp³-hybridized carbons (Fsp3) is 0.400. The van der Waals surface area contributed by atoms with Crippen molar-refractivity contribution in [3.05, 3.63) is 60.7 Å². The number of halogens is 1. The number of para-hydroxylation sites is 2. The van der Waals surface area contributed by atoms with Crippen molar-refractivity contribution in [3.63, 3.8) is 0 Å². The minimum Gasteiger partial charge on any atom is -0.501 e. The van der Waals surface area contributed by atoms with Gasteiger partial charge in [0.05, 0.1) is 0 Å². The molecule has 0 spiro atoms. The number of benzene rings is 2. The predicted octanol–water partition coefficient (Wildman–Crippen LogP) is 6.68. The summed E-state index contributed by atoms with van der Waals surface area (Å²) in [6.45, 7) is 2.23. The van der Waals surface area contributed by atoms with Gasteiger partial charge in [-0.2, -0.15) is 0 Å². The van der Waals surface area contributed by atoms with Gasteiger partial charge in [-0.15, -0.1) is 0 Å². The second kappa shape index (κ2) is 10.4. The number of hydrogen-bond donors (Lipinski definition) is 0. The van der Waals surface area contributed by atoms with Crippen LogP contribution < -0.4 is 8.85 Å². The Morgan fingerprint density at radius 2 is 1.17 bits per heavy atom. The van der Waals surface area contributed by atoms with Crippen molar-refractivity contribution >= 4 is 18.9 Å². The van der Waals surface area contributed by atoms with Crippen LogP contribution in [0.2, 0.25) is 6.04 Å². The summed E-state index contributed by atoms with van der Waals surface area (Å²) in [5, 5.41) is 0. The summed E-state index contributed by atoms with van der Waals surface area (Å²) in [5.74, 6) is 1.56. The number of unbranched alkanes of at least 4 members (excludes halogenated alkanes) is 5. The zero-order valence-corrected chi connectivity index (χ0v) is 16.2. The van der Waals surface area contributed by atoms with Crippen LogP contribution in [-0.2, 0) is 0 Å². The predicted molar refractivity (Wildman–Crippen MR) is 104 cm³/mol. The molecule has 0 saturated heterocycles. The van der Waals surface area contributed by atoms with Crippen LogP contribution in [0.15, 0.2) is 60.7 Å². The van der Waals surface area contributed by atoms with Gasteiger partial charge in [-0.3, -0.25) is 0 Å². The van der Waals surface area contributed by atoms with Gasteiger partial charge in [-0.05, 0) is 30.7 Å². The van der Waals surface area contributed by atoms with Crippen LogP contribution in [0.25, 0.3) is 0 Å². The maximum Gasteiger partial charge on any atom is 0.569 e. The van der Waals surface area contributed by atoms with E-state index in [4.69, 9.17) is 19.9 Å². The average molecular weight is 363 g/mol. The van der Waals surface area contributed by atoms with Crippen LogP contribution in [-0.4, -0.2) is 7.87 Å². The lowest BCUT2D eigenvalue weighted by molar-refractivity contribution is 0.403. The summed E-state index contributed by atoms with van der Waals surface area (Å²) in [6, 6.07) is 20.3. The van der Waals surface area contributed by atoms with Gasteiger partial charge < -0.3 is 8.85 Å². The van der Waals surface area contributed by atoms with Gasteiger partial charge in [0.2, 0.25) is 0 Å². The Hall–Kier alpha value is -1.45. The molecular formula is C20H27ClO2Si. The molecule has 4 heteroatoms. The Labute approximate surface area is 151 Å². The Balaban J connectivity index is 1.95. The van der Waals surface area contributed by atoms with Gasteiger partial charge in [0.25, 0.3) is 0 Å². The zero-order valence-electron chi connectivity index (χ0n) is 14.4. The van der Waals surface area contributed by atoms with Crippen molar-refractivity contribution in [2.45, 2.75) is 51.5 Å².